The molecule has 43 heavy (non-hydrogen) atoms. The molecule has 1 fully saturated rings. The van der Waals surface area contributed by atoms with Crippen molar-refractivity contribution >= 4 is 35.1 Å². The van der Waals surface area contributed by atoms with Crippen LogP contribution in [-0.4, -0.2) is 58.9 Å². The van der Waals surface area contributed by atoms with E-state index in [4.69, 9.17) is 37.9 Å². The summed E-state index contributed by atoms with van der Waals surface area (Å²) in [5.41, 5.74) is 1.33. The number of amides is 2. The van der Waals surface area contributed by atoms with Crippen molar-refractivity contribution in [2.24, 2.45) is 4.99 Å². The number of rotatable bonds is 5. The monoisotopic (exact) mass is 621 g/mol. The van der Waals surface area contributed by atoms with Gasteiger partial charge in [0.1, 0.15) is 22.7 Å². The van der Waals surface area contributed by atoms with Crippen LogP contribution in [0.2, 0.25) is 10.0 Å². The topological polar surface area (TPSA) is 70.1 Å². The van der Waals surface area contributed by atoms with Gasteiger partial charge in [-0.05, 0) is 63.1 Å². The first kappa shape index (κ1) is 31.3. The van der Waals surface area contributed by atoms with Crippen LogP contribution >= 0.6 is 23.2 Å². The Labute approximate surface area is 265 Å². The van der Waals surface area contributed by atoms with Crippen molar-refractivity contribution in [3.05, 3.63) is 93.2 Å². The lowest BCUT2D eigenvalue weighted by Gasteiger charge is -2.47. The SMILES string of the molecule is CCOc1cc(C(C)(C)C)ncc1C1=N[C@@](C)(c2ccc(Cl)cc2)[C@@](C)(c2ccc(Cl)cc2)N1C(=O)N1CCNC(C)C1. The van der Waals surface area contributed by atoms with E-state index in [2.05, 4.69) is 46.9 Å². The van der Waals surface area contributed by atoms with Gasteiger partial charge in [-0.1, -0.05) is 68.2 Å². The molecule has 0 spiro atoms. The molecule has 1 N–H and O–H groups in total. The molecule has 0 bridgehead atoms. The van der Waals surface area contributed by atoms with Crippen molar-refractivity contribution in [1.82, 2.24) is 20.1 Å². The lowest BCUT2D eigenvalue weighted by atomic mass is 9.71. The maximum absolute atomic E-state index is 14.9. The van der Waals surface area contributed by atoms with Crippen molar-refractivity contribution in [3.63, 3.8) is 0 Å². The summed E-state index contributed by atoms with van der Waals surface area (Å²) in [5, 5.41) is 4.70. The van der Waals surface area contributed by atoms with Gasteiger partial charge in [-0.15, -0.1) is 0 Å². The third-order valence-electron chi connectivity index (χ3n) is 8.75. The number of pyridine rings is 1. The van der Waals surface area contributed by atoms with Crippen molar-refractivity contribution in [1.29, 1.82) is 0 Å². The Hall–Kier alpha value is -3.13. The number of aromatic nitrogens is 1. The molecule has 1 aromatic heterocycles. The van der Waals surface area contributed by atoms with E-state index < -0.39 is 11.1 Å². The number of hydrogen-bond acceptors (Lipinski definition) is 5. The fourth-order valence-corrected chi connectivity index (χ4v) is 6.36. The van der Waals surface area contributed by atoms with E-state index in [0.717, 1.165) is 16.8 Å². The maximum atomic E-state index is 14.9. The molecule has 3 heterocycles. The molecule has 3 atom stereocenters. The number of aliphatic imine (C=N–C) groups is 1. The normalized spacial score (nSPS) is 24.2. The van der Waals surface area contributed by atoms with Crippen LogP contribution < -0.4 is 10.1 Å². The number of carbonyl (C=O) groups excluding carboxylic acids is 1. The summed E-state index contributed by atoms with van der Waals surface area (Å²) in [6.07, 6.45) is 1.81. The first-order valence-electron chi connectivity index (χ1n) is 14.9. The molecule has 0 radical (unpaired) electrons. The van der Waals surface area contributed by atoms with Crippen LogP contribution in [0.5, 0.6) is 5.75 Å². The third-order valence-corrected chi connectivity index (χ3v) is 9.26. The zero-order chi connectivity index (χ0) is 31.2. The molecule has 0 aliphatic carbocycles. The molecule has 2 amide bonds. The Bertz CT molecular complexity index is 1520. The Balaban J connectivity index is 1.80. The highest BCUT2D eigenvalue weighted by Gasteiger charge is 2.60. The van der Waals surface area contributed by atoms with Crippen molar-refractivity contribution in [3.8, 4) is 5.75 Å². The van der Waals surface area contributed by atoms with E-state index in [-0.39, 0.29) is 17.5 Å². The Morgan fingerprint density at radius 3 is 2.21 bits per heavy atom. The molecule has 2 aliphatic heterocycles. The summed E-state index contributed by atoms with van der Waals surface area (Å²) in [4.78, 5) is 29.0. The summed E-state index contributed by atoms with van der Waals surface area (Å²) in [5.74, 6) is 1.16. The third kappa shape index (κ3) is 5.63. The molecule has 7 nitrogen and oxygen atoms in total. The number of amidine groups is 1. The molecular formula is C34H41Cl2N5O2. The molecular weight excluding hydrogens is 581 g/mol. The molecule has 2 aliphatic rings. The van der Waals surface area contributed by atoms with E-state index in [1.807, 2.05) is 71.3 Å². The fourth-order valence-electron chi connectivity index (χ4n) is 6.10. The van der Waals surface area contributed by atoms with Crippen molar-refractivity contribution in [2.75, 3.05) is 26.2 Å². The van der Waals surface area contributed by atoms with Gasteiger partial charge in [0.05, 0.1) is 12.2 Å². The minimum atomic E-state index is -0.960. The average molecular weight is 623 g/mol. The second-order valence-corrected chi connectivity index (χ2v) is 13.6. The Morgan fingerprint density at radius 2 is 1.65 bits per heavy atom. The van der Waals surface area contributed by atoms with Crippen LogP contribution in [0.4, 0.5) is 4.79 Å². The van der Waals surface area contributed by atoms with E-state index >= 15 is 0 Å². The number of nitrogens with zero attached hydrogens (tertiary/aromatic N) is 4. The number of nitrogens with one attached hydrogen (secondary N) is 1. The predicted molar refractivity (Wildman–Crippen MR) is 175 cm³/mol. The lowest BCUT2D eigenvalue weighted by molar-refractivity contribution is 0.0999. The van der Waals surface area contributed by atoms with Gasteiger partial charge in [0, 0.05) is 59.1 Å². The summed E-state index contributed by atoms with van der Waals surface area (Å²) >= 11 is 12.7. The molecule has 9 heteroatoms. The molecule has 3 aromatic rings. The van der Waals surface area contributed by atoms with Crippen LogP contribution in [0, 0.1) is 0 Å². The van der Waals surface area contributed by atoms with Crippen molar-refractivity contribution < 1.29 is 9.53 Å². The summed E-state index contributed by atoms with van der Waals surface area (Å²) in [6.45, 7) is 16.9. The van der Waals surface area contributed by atoms with Crippen LogP contribution in [-0.2, 0) is 16.5 Å². The lowest BCUT2D eigenvalue weighted by Crippen LogP contribution is -2.61. The van der Waals surface area contributed by atoms with Gasteiger partial charge in [0.25, 0.3) is 0 Å². The molecule has 5 rings (SSSR count). The second-order valence-electron chi connectivity index (χ2n) is 12.8. The van der Waals surface area contributed by atoms with Gasteiger partial charge in [-0.2, -0.15) is 0 Å². The van der Waals surface area contributed by atoms with Gasteiger partial charge in [0.2, 0.25) is 0 Å². The summed E-state index contributed by atoms with van der Waals surface area (Å²) in [7, 11) is 0. The molecule has 1 unspecified atom stereocenters. The minimum Gasteiger partial charge on any atom is -0.493 e. The van der Waals surface area contributed by atoms with Gasteiger partial charge in [-0.25, -0.2) is 4.79 Å². The van der Waals surface area contributed by atoms with Gasteiger partial charge in [-0.3, -0.25) is 14.9 Å². The number of carbonyl (C=O) groups is 1. The Kier molecular flexibility index (Phi) is 8.55. The predicted octanol–water partition coefficient (Wildman–Crippen LogP) is 7.39. The zero-order valence-corrected chi connectivity index (χ0v) is 27.6. The van der Waals surface area contributed by atoms with Crippen LogP contribution in [0.1, 0.15) is 70.9 Å². The van der Waals surface area contributed by atoms with E-state index in [9.17, 15) is 4.79 Å². The number of urea groups is 1. The minimum absolute atomic E-state index is 0.121. The Morgan fingerprint density at radius 1 is 1.05 bits per heavy atom. The standard InChI is InChI=1S/C34H41Cl2N5O2/c1-8-43-28-19-29(32(3,4)5)38-20-27(28)30-39-33(6,23-9-13-25(35)14-10-23)34(7,24-11-15-26(36)16-12-24)41(30)31(42)40-18-17-37-22(2)21-40/h9-16,19-20,22,37H,8,17-18,21H2,1-7H3/t22?,33-,34+/m0/s1. The van der Waals surface area contributed by atoms with Crippen LogP contribution in [0.3, 0.4) is 0 Å². The number of piperazine rings is 1. The van der Waals surface area contributed by atoms with Gasteiger partial charge < -0.3 is 15.0 Å². The summed E-state index contributed by atoms with van der Waals surface area (Å²) in [6, 6.07) is 17.4. The number of benzene rings is 2. The summed E-state index contributed by atoms with van der Waals surface area (Å²) < 4.78 is 6.24. The highest BCUT2D eigenvalue weighted by atomic mass is 35.5. The fraction of sp³-hybridized carbons (Fsp3) is 0.441. The second kappa shape index (κ2) is 11.8. The smallest absolute Gasteiger partial charge is 0.326 e. The average Bonchev–Trinajstić information content (AvgIpc) is 3.21. The van der Waals surface area contributed by atoms with E-state index in [1.165, 1.54) is 0 Å². The zero-order valence-electron chi connectivity index (χ0n) is 26.0. The number of ether oxygens (including phenoxy) is 1. The van der Waals surface area contributed by atoms with E-state index in [1.54, 1.807) is 6.20 Å². The van der Waals surface area contributed by atoms with Gasteiger partial charge in [0.15, 0.2) is 0 Å². The highest BCUT2D eigenvalue weighted by molar-refractivity contribution is 6.30. The molecule has 1 saturated heterocycles. The maximum Gasteiger partial charge on any atom is 0.326 e. The first-order valence-corrected chi connectivity index (χ1v) is 15.6. The van der Waals surface area contributed by atoms with Crippen LogP contribution in [0.25, 0.3) is 0 Å². The van der Waals surface area contributed by atoms with Crippen LogP contribution in [0.15, 0.2) is 65.8 Å². The quantitative estimate of drug-likeness (QED) is 0.322. The van der Waals surface area contributed by atoms with Crippen molar-refractivity contribution in [2.45, 2.75) is 71.0 Å². The number of hydrogen-bond donors (Lipinski definition) is 1. The largest absolute Gasteiger partial charge is 0.493 e. The molecule has 2 aromatic carbocycles. The first-order chi connectivity index (χ1) is 20.3. The van der Waals surface area contributed by atoms with Gasteiger partial charge >= 0.3 is 6.03 Å². The van der Waals surface area contributed by atoms with E-state index in [0.29, 0.717) is 53.4 Å². The molecule has 228 valence electrons. The molecule has 0 saturated carbocycles. The highest BCUT2D eigenvalue weighted by Crippen LogP contribution is 2.54. The number of halogens is 2.